The highest BCUT2D eigenvalue weighted by atomic mass is 35.5. The number of nitrogens with one attached hydrogen (secondary N) is 2. The van der Waals surface area contributed by atoms with E-state index in [1.54, 1.807) is 11.8 Å². The number of hydrogen-bond acceptors (Lipinski definition) is 3. The van der Waals surface area contributed by atoms with Crippen LogP contribution in [0.25, 0.3) is 0 Å². The van der Waals surface area contributed by atoms with Gasteiger partial charge in [-0.15, -0.1) is 18.2 Å². The molecule has 0 amide bonds. The lowest BCUT2D eigenvalue weighted by Gasteiger charge is -2.02. The van der Waals surface area contributed by atoms with Gasteiger partial charge in [0.1, 0.15) is 5.82 Å². The Morgan fingerprint density at radius 1 is 1.56 bits per heavy atom. The first-order chi connectivity index (χ1) is 8.77. The Balaban J connectivity index is 2.25. The van der Waals surface area contributed by atoms with Crippen LogP contribution in [0.5, 0.6) is 0 Å². The predicted molar refractivity (Wildman–Crippen MR) is 80.1 cm³/mol. The normalized spacial score (nSPS) is 10.5. The van der Waals surface area contributed by atoms with Crippen LogP contribution in [0.3, 0.4) is 0 Å². The molecule has 0 aliphatic carbocycles. The Morgan fingerprint density at radius 3 is 3.11 bits per heavy atom. The van der Waals surface area contributed by atoms with E-state index >= 15 is 0 Å². The van der Waals surface area contributed by atoms with Crippen LogP contribution in [-0.4, -0.2) is 28.0 Å². The molecule has 2 N–H and O–H groups in total. The quantitative estimate of drug-likeness (QED) is 0.541. The van der Waals surface area contributed by atoms with Crippen LogP contribution in [0.4, 0.5) is 0 Å². The van der Waals surface area contributed by atoms with Crippen molar-refractivity contribution in [1.29, 1.82) is 0 Å². The summed E-state index contributed by atoms with van der Waals surface area (Å²) in [5.41, 5.74) is 0.977. The van der Waals surface area contributed by atoms with Crippen molar-refractivity contribution in [3.05, 3.63) is 16.7 Å². The van der Waals surface area contributed by atoms with Gasteiger partial charge in [-0.1, -0.05) is 30.9 Å². The molecule has 0 aliphatic rings. The Labute approximate surface area is 118 Å². The lowest BCUT2D eigenvalue weighted by molar-refractivity contribution is 0.711. The molecule has 0 atom stereocenters. The average Bonchev–Trinajstić information content (AvgIpc) is 2.72. The highest BCUT2D eigenvalue weighted by molar-refractivity contribution is 7.99. The summed E-state index contributed by atoms with van der Waals surface area (Å²) in [5.74, 6) is 5.38. The molecule has 0 saturated heterocycles. The van der Waals surface area contributed by atoms with Crippen molar-refractivity contribution >= 4 is 23.4 Å². The third-order valence-corrected chi connectivity index (χ3v) is 3.63. The number of thioether (sulfide) groups is 1. The van der Waals surface area contributed by atoms with Crippen molar-refractivity contribution in [2.75, 3.05) is 18.1 Å². The van der Waals surface area contributed by atoms with Crippen molar-refractivity contribution in [2.45, 2.75) is 32.7 Å². The van der Waals surface area contributed by atoms with Crippen LogP contribution in [0, 0.1) is 12.3 Å². The number of imidazole rings is 1. The Bertz CT molecular complexity index is 384. The maximum Gasteiger partial charge on any atom is 0.151 e. The lowest BCUT2D eigenvalue weighted by atomic mass is 10.2. The van der Waals surface area contributed by atoms with Crippen LogP contribution in [-0.2, 0) is 13.0 Å². The molecule has 1 heterocycles. The molecule has 0 fully saturated rings. The molecule has 100 valence electrons. The average molecular weight is 286 g/mol. The summed E-state index contributed by atoms with van der Waals surface area (Å²) in [6, 6.07) is 0. The van der Waals surface area contributed by atoms with E-state index in [9.17, 15) is 0 Å². The molecule has 0 aromatic carbocycles. The van der Waals surface area contributed by atoms with Crippen molar-refractivity contribution in [3.8, 4) is 12.3 Å². The fourth-order valence-electron chi connectivity index (χ4n) is 1.51. The third kappa shape index (κ3) is 5.81. The van der Waals surface area contributed by atoms with Gasteiger partial charge in [-0.25, -0.2) is 4.98 Å². The van der Waals surface area contributed by atoms with Gasteiger partial charge in [0.05, 0.1) is 11.4 Å². The molecule has 1 aromatic rings. The first-order valence-electron chi connectivity index (χ1n) is 6.23. The van der Waals surface area contributed by atoms with Gasteiger partial charge in [0.2, 0.25) is 0 Å². The molecule has 1 rings (SSSR count). The number of halogens is 1. The van der Waals surface area contributed by atoms with Gasteiger partial charge in [0.25, 0.3) is 0 Å². The smallest absolute Gasteiger partial charge is 0.151 e. The molecule has 0 bridgehead atoms. The number of H-pyrrole nitrogens is 1. The molecule has 0 aliphatic heterocycles. The molecule has 0 spiro atoms. The molecule has 5 heteroatoms. The summed E-state index contributed by atoms with van der Waals surface area (Å²) in [6.45, 7) is 3.82. The fraction of sp³-hybridized carbons (Fsp3) is 0.615. The SMILES string of the molecule is C#CCSCCNCc1[nH]c(CCCC)nc1Cl. The minimum Gasteiger partial charge on any atom is -0.344 e. The number of terminal acetylenes is 1. The zero-order valence-corrected chi connectivity index (χ0v) is 12.3. The van der Waals surface area contributed by atoms with Crippen molar-refractivity contribution in [2.24, 2.45) is 0 Å². The van der Waals surface area contributed by atoms with Crippen LogP contribution < -0.4 is 5.32 Å². The molecule has 1 aromatic heterocycles. The van der Waals surface area contributed by atoms with Gasteiger partial charge in [0.15, 0.2) is 5.15 Å². The van der Waals surface area contributed by atoms with Crippen LogP contribution in [0.2, 0.25) is 5.15 Å². The maximum atomic E-state index is 6.07. The largest absolute Gasteiger partial charge is 0.344 e. The van der Waals surface area contributed by atoms with Crippen molar-refractivity contribution < 1.29 is 0 Å². The Kier molecular flexibility index (Phi) is 7.99. The maximum absolute atomic E-state index is 6.07. The highest BCUT2D eigenvalue weighted by Crippen LogP contribution is 2.13. The standard InChI is InChI=1S/C13H20ClN3S/c1-3-5-6-12-16-11(13(14)17-12)10-15-7-9-18-8-4-2/h2,15H,3,5-10H2,1H3,(H,16,17). The van der Waals surface area contributed by atoms with Crippen molar-refractivity contribution in [1.82, 2.24) is 15.3 Å². The summed E-state index contributed by atoms with van der Waals surface area (Å²) >= 11 is 7.82. The van der Waals surface area contributed by atoms with Gasteiger partial charge in [0, 0.05) is 25.3 Å². The Hall–Kier alpha value is -0.630. The zero-order chi connectivity index (χ0) is 13.2. The summed E-state index contributed by atoms with van der Waals surface area (Å²) in [6.07, 6.45) is 8.44. The number of nitrogens with zero attached hydrogens (tertiary/aromatic N) is 1. The molecule has 0 radical (unpaired) electrons. The van der Waals surface area contributed by atoms with E-state index in [2.05, 4.69) is 28.1 Å². The fourth-order valence-corrected chi connectivity index (χ4v) is 2.28. The van der Waals surface area contributed by atoms with Gasteiger partial charge >= 0.3 is 0 Å². The van der Waals surface area contributed by atoms with E-state index < -0.39 is 0 Å². The second kappa shape index (κ2) is 9.32. The van der Waals surface area contributed by atoms with E-state index in [0.29, 0.717) is 5.15 Å². The lowest BCUT2D eigenvalue weighted by Crippen LogP contribution is -2.17. The summed E-state index contributed by atoms with van der Waals surface area (Å²) in [7, 11) is 0. The number of unbranched alkanes of at least 4 members (excludes halogenated alkanes) is 1. The van der Waals surface area contributed by atoms with Crippen molar-refractivity contribution in [3.63, 3.8) is 0 Å². The number of aromatic nitrogens is 2. The van der Waals surface area contributed by atoms with E-state index in [0.717, 1.165) is 55.4 Å². The molecule has 18 heavy (non-hydrogen) atoms. The molecule has 0 saturated carbocycles. The minimum absolute atomic E-state index is 0.588. The van der Waals surface area contributed by atoms with Gasteiger partial charge < -0.3 is 10.3 Å². The van der Waals surface area contributed by atoms with Crippen LogP contribution >= 0.6 is 23.4 Å². The number of aromatic amines is 1. The van der Waals surface area contributed by atoms with Gasteiger partial charge in [-0.05, 0) is 6.42 Å². The van der Waals surface area contributed by atoms with Crippen LogP contribution in [0.1, 0.15) is 31.3 Å². The summed E-state index contributed by atoms with van der Waals surface area (Å²) in [5, 5.41) is 3.91. The Morgan fingerprint density at radius 2 is 2.39 bits per heavy atom. The third-order valence-electron chi connectivity index (χ3n) is 2.45. The number of aryl methyl sites for hydroxylation is 1. The monoisotopic (exact) mass is 285 g/mol. The molecule has 3 nitrogen and oxygen atoms in total. The first-order valence-corrected chi connectivity index (χ1v) is 7.76. The van der Waals surface area contributed by atoms with E-state index in [1.807, 2.05) is 0 Å². The minimum atomic E-state index is 0.588. The first kappa shape index (κ1) is 15.4. The predicted octanol–water partition coefficient (Wildman–Crippen LogP) is 2.86. The number of hydrogen-bond donors (Lipinski definition) is 2. The second-order valence-corrected chi connectivity index (χ2v) is 5.45. The van der Waals surface area contributed by atoms with Crippen LogP contribution in [0.15, 0.2) is 0 Å². The zero-order valence-electron chi connectivity index (χ0n) is 10.8. The van der Waals surface area contributed by atoms with Gasteiger partial charge in [-0.3, -0.25) is 0 Å². The topological polar surface area (TPSA) is 40.7 Å². The number of rotatable bonds is 9. The summed E-state index contributed by atoms with van der Waals surface area (Å²) < 4.78 is 0. The van der Waals surface area contributed by atoms with E-state index in [4.69, 9.17) is 18.0 Å². The molecular weight excluding hydrogens is 266 g/mol. The highest BCUT2D eigenvalue weighted by Gasteiger charge is 2.07. The van der Waals surface area contributed by atoms with E-state index in [-0.39, 0.29) is 0 Å². The van der Waals surface area contributed by atoms with Gasteiger partial charge in [-0.2, -0.15) is 0 Å². The molecule has 0 unspecified atom stereocenters. The summed E-state index contributed by atoms with van der Waals surface area (Å²) in [4.78, 5) is 7.59. The van der Waals surface area contributed by atoms with E-state index in [1.165, 1.54) is 0 Å². The second-order valence-electron chi connectivity index (χ2n) is 3.99. The molecular formula is C13H20ClN3S.